The summed E-state index contributed by atoms with van der Waals surface area (Å²) in [5.74, 6) is 0.431. The Balaban J connectivity index is 1.64. The largest absolute Gasteiger partial charge is 0.497 e. The Morgan fingerprint density at radius 1 is 1.07 bits per heavy atom. The minimum atomic E-state index is -0.333. The van der Waals surface area contributed by atoms with Gasteiger partial charge in [0.05, 0.1) is 24.6 Å². The van der Waals surface area contributed by atoms with E-state index in [0.29, 0.717) is 5.56 Å². The van der Waals surface area contributed by atoms with Crippen molar-refractivity contribution in [2.75, 3.05) is 7.11 Å². The monoisotopic (exact) mass is 397 g/mol. The van der Waals surface area contributed by atoms with Crippen LogP contribution in [0.2, 0.25) is 0 Å². The van der Waals surface area contributed by atoms with Crippen LogP contribution < -0.4 is 10.2 Å². The molecule has 0 aliphatic carbocycles. The van der Waals surface area contributed by atoms with Gasteiger partial charge in [-0.1, -0.05) is 18.2 Å². The van der Waals surface area contributed by atoms with Gasteiger partial charge >= 0.3 is 0 Å². The van der Waals surface area contributed by atoms with E-state index in [4.69, 9.17) is 9.84 Å². The number of hydrazone groups is 1. The number of ether oxygens (including phenoxy) is 1. The highest BCUT2D eigenvalue weighted by molar-refractivity contribution is 5.95. The van der Waals surface area contributed by atoms with Gasteiger partial charge in [0, 0.05) is 29.7 Å². The Morgan fingerprint density at radius 2 is 1.87 bits per heavy atom. The fraction of sp³-hybridized carbons (Fsp3) is 0.0435. The third-order valence-corrected chi connectivity index (χ3v) is 4.42. The van der Waals surface area contributed by atoms with Crippen LogP contribution in [0.5, 0.6) is 5.75 Å². The van der Waals surface area contributed by atoms with Gasteiger partial charge in [-0.05, 0) is 48.5 Å². The molecule has 0 aliphatic heterocycles. The van der Waals surface area contributed by atoms with Crippen LogP contribution in [-0.4, -0.2) is 34.0 Å². The number of nitrogens with one attached hydrogen (secondary N) is 1. The minimum absolute atomic E-state index is 0.333. The Morgan fingerprint density at radius 3 is 2.57 bits per heavy atom. The molecular weight excluding hydrogens is 378 g/mol. The minimum Gasteiger partial charge on any atom is -0.497 e. The van der Waals surface area contributed by atoms with E-state index < -0.39 is 0 Å². The number of methoxy groups -OCH3 is 1. The highest BCUT2D eigenvalue weighted by Crippen LogP contribution is 2.25. The van der Waals surface area contributed by atoms with Gasteiger partial charge in [0.15, 0.2) is 0 Å². The fourth-order valence-corrected chi connectivity index (χ4v) is 2.89. The first kappa shape index (κ1) is 19.1. The number of pyridine rings is 1. The molecule has 4 rings (SSSR count). The molecule has 1 amide bonds. The quantitative estimate of drug-likeness (QED) is 0.397. The first-order chi connectivity index (χ1) is 14.7. The maximum atomic E-state index is 12.2. The summed E-state index contributed by atoms with van der Waals surface area (Å²) in [5.41, 5.74) is 6.29. The third kappa shape index (κ3) is 4.25. The molecule has 0 atom stereocenters. The van der Waals surface area contributed by atoms with Crippen molar-refractivity contribution < 1.29 is 9.53 Å². The number of carbonyl (C=O) groups excluding carboxylic acids is 1. The number of rotatable bonds is 6. The topological polar surface area (TPSA) is 81.4 Å². The SMILES string of the molecule is COc1ccc(-c2nn(-c3ccccc3)cc2/C=N/NC(=O)c2cccnc2)cc1. The highest BCUT2D eigenvalue weighted by atomic mass is 16.5. The summed E-state index contributed by atoms with van der Waals surface area (Å²) in [4.78, 5) is 16.1. The van der Waals surface area contributed by atoms with Crippen molar-refractivity contribution in [3.8, 4) is 22.7 Å². The van der Waals surface area contributed by atoms with E-state index in [1.54, 1.807) is 36.3 Å². The molecule has 4 aromatic rings. The molecule has 30 heavy (non-hydrogen) atoms. The number of para-hydroxylation sites is 1. The number of benzene rings is 2. The van der Waals surface area contributed by atoms with Gasteiger partial charge in [-0.2, -0.15) is 10.2 Å². The second-order valence-electron chi connectivity index (χ2n) is 6.38. The molecule has 0 saturated heterocycles. The van der Waals surface area contributed by atoms with Crippen molar-refractivity contribution in [3.63, 3.8) is 0 Å². The van der Waals surface area contributed by atoms with Gasteiger partial charge in [-0.15, -0.1) is 0 Å². The smallest absolute Gasteiger partial charge is 0.272 e. The summed E-state index contributed by atoms with van der Waals surface area (Å²) in [7, 11) is 1.63. The maximum Gasteiger partial charge on any atom is 0.272 e. The summed E-state index contributed by atoms with van der Waals surface area (Å²) in [5, 5.41) is 8.84. The van der Waals surface area contributed by atoms with E-state index >= 15 is 0 Å². The zero-order chi connectivity index (χ0) is 20.8. The first-order valence-corrected chi connectivity index (χ1v) is 9.27. The van der Waals surface area contributed by atoms with Crippen LogP contribution >= 0.6 is 0 Å². The first-order valence-electron chi connectivity index (χ1n) is 9.27. The number of hydrogen-bond donors (Lipinski definition) is 1. The molecule has 0 aliphatic rings. The highest BCUT2D eigenvalue weighted by Gasteiger charge is 2.12. The molecule has 0 unspecified atom stereocenters. The van der Waals surface area contributed by atoms with Gasteiger partial charge in [0.1, 0.15) is 11.4 Å². The number of nitrogens with zero attached hydrogens (tertiary/aromatic N) is 4. The number of hydrogen-bond acceptors (Lipinski definition) is 5. The zero-order valence-corrected chi connectivity index (χ0v) is 16.3. The summed E-state index contributed by atoms with van der Waals surface area (Å²) in [6, 6.07) is 20.8. The lowest BCUT2D eigenvalue weighted by atomic mass is 10.1. The van der Waals surface area contributed by atoms with Gasteiger partial charge in [-0.25, -0.2) is 10.1 Å². The van der Waals surface area contributed by atoms with Crippen molar-refractivity contribution in [2.45, 2.75) is 0 Å². The predicted octanol–water partition coefficient (Wildman–Crippen LogP) is 3.71. The van der Waals surface area contributed by atoms with Crippen molar-refractivity contribution in [3.05, 3.63) is 96.4 Å². The number of aromatic nitrogens is 3. The van der Waals surface area contributed by atoms with Gasteiger partial charge in [0.2, 0.25) is 0 Å². The number of carbonyl (C=O) groups is 1. The zero-order valence-electron chi connectivity index (χ0n) is 16.3. The van der Waals surface area contributed by atoms with Crippen LogP contribution in [0.4, 0.5) is 0 Å². The molecule has 0 saturated carbocycles. The van der Waals surface area contributed by atoms with Crippen molar-refractivity contribution in [1.82, 2.24) is 20.2 Å². The van der Waals surface area contributed by atoms with E-state index in [1.807, 2.05) is 60.8 Å². The molecule has 7 heteroatoms. The summed E-state index contributed by atoms with van der Waals surface area (Å²) in [6.45, 7) is 0. The van der Waals surface area contributed by atoms with E-state index in [-0.39, 0.29) is 5.91 Å². The molecule has 2 aromatic heterocycles. The second kappa shape index (κ2) is 8.83. The van der Waals surface area contributed by atoms with Gasteiger partial charge < -0.3 is 4.74 Å². The summed E-state index contributed by atoms with van der Waals surface area (Å²) >= 11 is 0. The molecule has 148 valence electrons. The van der Waals surface area contributed by atoms with Crippen LogP contribution in [0.25, 0.3) is 16.9 Å². The molecule has 0 spiro atoms. The maximum absolute atomic E-state index is 12.2. The van der Waals surface area contributed by atoms with Crippen molar-refractivity contribution in [2.24, 2.45) is 5.10 Å². The molecule has 0 fully saturated rings. The van der Waals surface area contributed by atoms with Crippen LogP contribution in [0.3, 0.4) is 0 Å². The fourth-order valence-electron chi connectivity index (χ4n) is 2.89. The van der Waals surface area contributed by atoms with Gasteiger partial charge in [-0.3, -0.25) is 9.78 Å². The second-order valence-corrected chi connectivity index (χ2v) is 6.38. The third-order valence-electron chi connectivity index (χ3n) is 4.42. The van der Waals surface area contributed by atoms with E-state index in [2.05, 4.69) is 15.5 Å². The molecule has 1 N–H and O–H groups in total. The Hall–Kier alpha value is -4.26. The molecule has 2 heterocycles. The normalized spacial score (nSPS) is 10.8. The average Bonchev–Trinajstić information content (AvgIpc) is 3.24. The molecule has 2 aromatic carbocycles. The van der Waals surface area contributed by atoms with Crippen molar-refractivity contribution in [1.29, 1.82) is 0 Å². The number of amides is 1. The van der Waals surface area contributed by atoms with Crippen LogP contribution in [0.15, 0.2) is 90.4 Å². The van der Waals surface area contributed by atoms with E-state index in [1.165, 1.54) is 6.20 Å². The molecule has 0 radical (unpaired) electrons. The lowest BCUT2D eigenvalue weighted by molar-refractivity contribution is 0.0955. The van der Waals surface area contributed by atoms with E-state index in [9.17, 15) is 4.79 Å². The standard InChI is InChI=1S/C23H19N5O2/c1-30-21-11-9-17(10-12-21)22-19(16-28(27-22)20-7-3-2-4-8-20)15-25-26-23(29)18-6-5-13-24-14-18/h2-16H,1H3,(H,26,29)/b25-15+. The Labute approximate surface area is 173 Å². The van der Waals surface area contributed by atoms with Gasteiger partial charge in [0.25, 0.3) is 5.91 Å². The van der Waals surface area contributed by atoms with Crippen LogP contribution in [-0.2, 0) is 0 Å². The predicted molar refractivity (Wildman–Crippen MR) is 115 cm³/mol. The van der Waals surface area contributed by atoms with Crippen LogP contribution in [0, 0.1) is 0 Å². The summed E-state index contributed by atoms with van der Waals surface area (Å²) < 4.78 is 7.02. The Bertz CT molecular complexity index is 1150. The lowest BCUT2D eigenvalue weighted by Gasteiger charge is -2.02. The molecular formula is C23H19N5O2. The lowest BCUT2D eigenvalue weighted by Crippen LogP contribution is -2.17. The van der Waals surface area contributed by atoms with Crippen LogP contribution in [0.1, 0.15) is 15.9 Å². The Kier molecular flexibility index (Phi) is 5.61. The molecule has 7 nitrogen and oxygen atoms in total. The van der Waals surface area contributed by atoms with E-state index in [0.717, 1.165) is 28.3 Å². The average molecular weight is 397 g/mol. The molecule has 0 bridgehead atoms. The van der Waals surface area contributed by atoms with Crippen molar-refractivity contribution >= 4 is 12.1 Å². The summed E-state index contributed by atoms with van der Waals surface area (Å²) in [6.07, 6.45) is 6.55.